The monoisotopic (exact) mass is 544 g/mol. The number of methoxy groups -OCH3 is 2. The van der Waals surface area contributed by atoms with Crippen molar-refractivity contribution in [3.8, 4) is 17.0 Å². The van der Waals surface area contributed by atoms with Gasteiger partial charge in [0.05, 0.1) is 12.1 Å². The maximum Gasteiger partial charge on any atom is 0.255 e. The molecular formula is C29H41ClN4O4. The van der Waals surface area contributed by atoms with Crippen LogP contribution in [0.15, 0.2) is 47.1 Å². The smallest absolute Gasteiger partial charge is 0.255 e. The molecule has 4 rings (SSSR count). The number of nitrogens with zero attached hydrogens (tertiary/aromatic N) is 3. The molecule has 38 heavy (non-hydrogen) atoms. The lowest BCUT2D eigenvalue weighted by Crippen LogP contribution is -2.44. The highest BCUT2D eigenvalue weighted by molar-refractivity contribution is 6.33. The maximum atomic E-state index is 13.2. The molecule has 0 atom stereocenters. The second-order valence-electron chi connectivity index (χ2n) is 9.12. The molecule has 208 valence electrons. The number of oxazole rings is 1. The highest BCUT2D eigenvalue weighted by Gasteiger charge is 2.19. The van der Waals surface area contributed by atoms with Gasteiger partial charge in [-0.2, -0.15) is 0 Å². The van der Waals surface area contributed by atoms with E-state index in [1.165, 1.54) is 6.42 Å². The molecule has 0 aliphatic carbocycles. The molecule has 1 aromatic heterocycles. The normalized spacial score (nSPS) is 13.6. The van der Waals surface area contributed by atoms with Crippen molar-refractivity contribution >= 4 is 23.2 Å². The Morgan fingerprint density at radius 2 is 1.74 bits per heavy atom. The number of ether oxygens (including phenoxy) is 2. The zero-order chi connectivity index (χ0) is 28.1. The molecule has 1 saturated heterocycles. The molecule has 2 heterocycles. The number of benzene rings is 2. The number of carbonyl (C=O) groups excluding carboxylic acids is 1. The molecule has 1 aliphatic rings. The average Bonchev–Trinajstić information content (AvgIpc) is 3.33. The third-order valence-electron chi connectivity index (χ3n) is 5.67. The Morgan fingerprint density at radius 1 is 1.08 bits per heavy atom. The Bertz CT molecular complexity index is 1140. The van der Waals surface area contributed by atoms with E-state index in [-0.39, 0.29) is 5.91 Å². The van der Waals surface area contributed by atoms with E-state index in [0.717, 1.165) is 37.5 Å². The van der Waals surface area contributed by atoms with Crippen LogP contribution in [0.5, 0.6) is 5.75 Å². The quantitative estimate of drug-likeness (QED) is 0.408. The summed E-state index contributed by atoms with van der Waals surface area (Å²) in [7, 11) is 7.01. The zero-order valence-electron chi connectivity index (χ0n) is 23.6. The first-order valence-electron chi connectivity index (χ1n) is 12.8. The molecule has 0 saturated carbocycles. The van der Waals surface area contributed by atoms with E-state index >= 15 is 0 Å². The molecule has 8 nitrogen and oxygen atoms in total. The zero-order valence-corrected chi connectivity index (χ0v) is 24.4. The van der Waals surface area contributed by atoms with Gasteiger partial charge in [-0.3, -0.25) is 9.69 Å². The van der Waals surface area contributed by atoms with Gasteiger partial charge in [-0.25, -0.2) is 4.98 Å². The molecule has 1 N–H and O–H groups in total. The fourth-order valence-electron chi connectivity index (χ4n) is 3.78. The van der Waals surface area contributed by atoms with Crippen LogP contribution in [0.2, 0.25) is 5.02 Å². The summed E-state index contributed by atoms with van der Waals surface area (Å²) in [6.07, 6.45) is 2.81. The van der Waals surface area contributed by atoms with Crippen molar-refractivity contribution in [1.82, 2.24) is 14.8 Å². The van der Waals surface area contributed by atoms with Crippen LogP contribution in [0.3, 0.4) is 0 Å². The number of amides is 1. The van der Waals surface area contributed by atoms with Gasteiger partial charge >= 0.3 is 0 Å². The topological polar surface area (TPSA) is 80.1 Å². The minimum atomic E-state index is -0.179. The summed E-state index contributed by atoms with van der Waals surface area (Å²) in [5.74, 6) is 1.11. The van der Waals surface area contributed by atoms with Crippen molar-refractivity contribution in [1.29, 1.82) is 0 Å². The Balaban J connectivity index is 0.000000773. The predicted molar refractivity (Wildman–Crippen MR) is 154 cm³/mol. The SMILES string of the molecule is CCC.COC.COc1ccc(C(=O)Nc2ccc(Cl)c(-c3coc(C)n3)c2)c(CN2CCN(C)CC2)c1. The van der Waals surface area contributed by atoms with Crippen LogP contribution in [-0.2, 0) is 11.3 Å². The molecule has 2 aromatic carbocycles. The second-order valence-corrected chi connectivity index (χ2v) is 9.53. The van der Waals surface area contributed by atoms with Crippen LogP contribution >= 0.6 is 11.6 Å². The summed E-state index contributed by atoms with van der Waals surface area (Å²) in [5, 5.41) is 3.54. The van der Waals surface area contributed by atoms with E-state index < -0.39 is 0 Å². The number of carbonyl (C=O) groups is 1. The second kappa shape index (κ2) is 16.1. The molecule has 1 amide bonds. The Hall–Kier alpha value is -2.91. The van der Waals surface area contributed by atoms with Crippen LogP contribution < -0.4 is 10.1 Å². The summed E-state index contributed by atoms with van der Waals surface area (Å²) in [4.78, 5) is 22.2. The van der Waals surface area contributed by atoms with E-state index in [9.17, 15) is 4.79 Å². The first-order chi connectivity index (χ1) is 18.3. The predicted octanol–water partition coefficient (Wildman–Crippen LogP) is 5.99. The summed E-state index contributed by atoms with van der Waals surface area (Å²) in [5.41, 5.74) is 3.53. The number of aryl methyl sites for hydroxylation is 1. The summed E-state index contributed by atoms with van der Waals surface area (Å²) in [6.45, 7) is 10.7. The number of aromatic nitrogens is 1. The molecule has 0 unspecified atom stereocenters. The van der Waals surface area contributed by atoms with Crippen molar-refractivity contribution in [3.63, 3.8) is 0 Å². The van der Waals surface area contributed by atoms with E-state index in [4.69, 9.17) is 20.8 Å². The van der Waals surface area contributed by atoms with Crippen LogP contribution in [0, 0.1) is 6.92 Å². The summed E-state index contributed by atoms with van der Waals surface area (Å²) >= 11 is 6.35. The van der Waals surface area contributed by atoms with Crippen LogP contribution in [-0.4, -0.2) is 75.2 Å². The Kier molecular flexibility index (Phi) is 13.3. The van der Waals surface area contributed by atoms with Crippen molar-refractivity contribution in [2.45, 2.75) is 33.7 Å². The van der Waals surface area contributed by atoms with E-state index in [2.05, 4.69) is 45.7 Å². The molecular weight excluding hydrogens is 504 g/mol. The number of hydrogen-bond acceptors (Lipinski definition) is 7. The minimum absolute atomic E-state index is 0.179. The lowest BCUT2D eigenvalue weighted by atomic mass is 10.0. The van der Waals surface area contributed by atoms with Gasteiger partial charge in [-0.1, -0.05) is 31.9 Å². The van der Waals surface area contributed by atoms with Gasteiger partial charge in [0.25, 0.3) is 5.91 Å². The maximum absolute atomic E-state index is 13.2. The van der Waals surface area contributed by atoms with Gasteiger partial charge in [-0.15, -0.1) is 0 Å². The first kappa shape index (κ1) is 31.3. The number of hydrogen-bond donors (Lipinski definition) is 1. The van der Waals surface area contributed by atoms with Gasteiger partial charge in [0.2, 0.25) is 0 Å². The third-order valence-corrected chi connectivity index (χ3v) is 6.00. The fraction of sp³-hybridized carbons (Fsp3) is 0.448. The van der Waals surface area contributed by atoms with Gasteiger partial charge in [0.1, 0.15) is 17.7 Å². The van der Waals surface area contributed by atoms with Crippen LogP contribution in [0.1, 0.15) is 42.1 Å². The highest BCUT2D eigenvalue weighted by Crippen LogP contribution is 2.30. The third kappa shape index (κ3) is 9.44. The average molecular weight is 545 g/mol. The van der Waals surface area contributed by atoms with Crippen LogP contribution in [0.4, 0.5) is 5.69 Å². The lowest BCUT2D eigenvalue weighted by Gasteiger charge is -2.32. The van der Waals surface area contributed by atoms with Crippen molar-refractivity contribution in [2.75, 3.05) is 59.9 Å². The highest BCUT2D eigenvalue weighted by atomic mass is 35.5. The molecule has 0 bridgehead atoms. The van der Waals surface area contributed by atoms with Gasteiger partial charge in [0, 0.05) is 70.7 Å². The first-order valence-corrected chi connectivity index (χ1v) is 13.1. The Morgan fingerprint density at radius 3 is 2.32 bits per heavy atom. The summed E-state index contributed by atoms with van der Waals surface area (Å²) < 4.78 is 15.0. The molecule has 0 radical (unpaired) electrons. The van der Waals surface area contributed by atoms with E-state index in [1.807, 2.05) is 18.2 Å². The van der Waals surface area contributed by atoms with Gasteiger partial charge in [0.15, 0.2) is 5.89 Å². The number of nitrogens with one attached hydrogen (secondary N) is 1. The number of halogens is 1. The van der Waals surface area contributed by atoms with Crippen molar-refractivity contribution in [2.24, 2.45) is 0 Å². The number of likely N-dealkylation sites (N-methyl/N-ethyl adjacent to an activating group) is 1. The standard InChI is InChI=1S/C24H27ClN4O3.C3H8.C2H6O/c1-16-26-23(15-32-16)21-13-18(4-7-22(21)25)27-24(30)20-6-5-19(31-3)12-17(20)14-29-10-8-28(2)9-11-29;2*1-3-2/h4-7,12-13,15H,8-11,14H2,1-3H3,(H,27,30);3H2,1-2H3;1-2H3. The number of anilines is 1. The lowest BCUT2D eigenvalue weighted by molar-refractivity contribution is 0.102. The number of rotatable bonds is 6. The largest absolute Gasteiger partial charge is 0.497 e. The minimum Gasteiger partial charge on any atom is -0.497 e. The molecule has 0 spiro atoms. The molecule has 1 fully saturated rings. The van der Waals surface area contributed by atoms with Crippen molar-refractivity contribution < 1.29 is 18.7 Å². The molecule has 1 aliphatic heterocycles. The number of piperazine rings is 1. The summed E-state index contributed by atoms with van der Waals surface area (Å²) in [6, 6.07) is 10.9. The van der Waals surface area contributed by atoms with Gasteiger partial charge < -0.3 is 24.1 Å². The van der Waals surface area contributed by atoms with E-state index in [1.54, 1.807) is 52.7 Å². The van der Waals surface area contributed by atoms with E-state index in [0.29, 0.717) is 40.0 Å². The molecule has 3 aromatic rings. The van der Waals surface area contributed by atoms with Crippen molar-refractivity contribution in [3.05, 3.63) is 64.7 Å². The fourth-order valence-corrected chi connectivity index (χ4v) is 4.00. The van der Waals surface area contributed by atoms with Crippen LogP contribution in [0.25, 0.3) is 11.3 Å². The van der Waals surface area contributed by atoms with Gasteiger partial charge in [-0.05, 0) is 49.0 Å². The Labute approximate surface area is 231 Å². The molecule has 9 heteroatoms.